The molecule has 0 spiro atoms. The van der Waals surface area contributed by atoms with E-state index in [1.165, 1.54) is 0 Å². The monoisotopic (exact) mass is 313 g/mol. The van der Waals surface area contributed by atoms with Gasteiger partial charge >= 0.3 is 0 Å². The highest BCUT2D eigenvalue weighted by atomic mass is 32.1. The second-order valence-electron chi connectivity index (χ2n) is 4.51. The molecule has 0 amide bonds. The van der Waals surface area contributed by atoms with E-state index in [9.17, 15) is 15.3 Å². The molecular weight excluding hydrogens is 298 g/mol. The van der Waals surface area contributed by atoms with Crippen molar-refractivity contribution >= 4 is 23.1 Å². The topological polar surface area (TPSA) is 112 Å². The first kappa shape index (κ1) is 16.0. The molecule has 114 valence electrons. The average molecular weight is 313 g/mol. The van der Waals surface area contributed by atoms with Gasteiger partial charge in [0, 0.05) is 0 Å². The van der Waals surface area contributed by atoms with Crippen LogP contribution in [0.2, 0.25) is 0 Å². The minimum Gasteiger partial charge on any atom is -0.462 e. The summed E-state index contributed by atoms with van der Waals surface area (Å²) in [5, 5.41) is 40.5. The number of aliphatic hydroxyl groups is 4. The van der Waals surface area contributed by atoms with Gasteiger partial charge < -0.3 is 29.9 Å². The van der Waals surface area contributed by atoms with Crippen LogP contribution >= 0.6 is 12.2 Å². The van der Waals surface area contributed by atoms with Crippen LogP contribution in [0.1, 0.15) is 0 Å². The Morgan fingerprint density at radius 3 is 2.38 bits per heavy atom. The number of aliphatic imine (C=N–C) groups is 1. The first-order valence-corrected chi connectivity index (χ1v) is 6.62. The summed E-state index contributed by atoms with van der Waals surface area (Å²) < 4.78 is 10.6. The van der Waals surface area contributed by atoms with Crippen LogP contribution in [0.4, 0.5) is 5.69 Å². The van der Waals surface area contributed by atoms with Crippen LogP contribution in [0.15, 0.2) is 29.3 Å². The van der Waals surface area contributed by atoms with Crippen LogP contribution in [0.25, 0.3) is 0 Å². The summed E-state index contributed by atoms with van der Waals surface area (Å²) in [5.74, 6) is 0.364. The molecule has 0 aliphatic carbocycles. The normalized spacial score (nSPS) is 32.3. The van der Waals surface area contributed by atoms with Gasteiger partial charge in [0.05, 0.1) is 17.5 Å². The molecule has 1 aromatic carbocycles. The van der Waals surface area contributed by atoms with Gasteiger partial charge in [-0.2, -0.15) is 4.99 Å². The third-order valence-electron chi connectivity index (χ3n) is 3.11. The number of nitrogens with zero attached hydrogens (tertiary/aromatic N) is 1. The van der Waals surface area contributed by atoms with Gasteiger partial charge in [-0.25, -0.2) is 0 Å². The number of benzene rings is 1. The Bertz CT molecular complexity index is 516. The predicted octanol–water partition coefficient (Wildman–Crippen LogP) is -0.400. The summed E-state index contributed by atoms with van der Waals surface area (Å²) in [5.41, 5.74) is 0.589. The van der Waals surface area contributed by atoms with Crippen LogP contribution in [-0.4, -0.2) is 62.9 Å². The van der Waals surface area contributed by atoms with E-state index in [4.69, 9.17) is 14.6 Å². The highest BCUT2D eigenvalue weighted by Crippen LogP contribution is 2.25. The lowest BCUT2D eigenvalue weighted by molar-refractivity contribution is -0.277. The molecule has 1 aromatic rings. The smallest absolute Gasteiger partial charge is 0.229 e. The van der Waals surface area contributed by atoms with E-state index in [1.54, 1.807) is 24.3 Å². The van der Waals surface area contributed by atoms with Crippen molar-refractivity contribution in [3.8, 4) is 5.75 Å². The van der Waals surface area contributed by atoms with Crippen molar-refractivity contribution in [1.82, 2.24) is 0 Å². The highest BCUT2D eigenvalue weighted by Gasteiger charge is 2.44. The maximum Gasteiger partial charge on any atom is 0.229 e. The molecule has 1 aliphatic rings. The minimum atomic E-state index is -1.47. The fourth-order valence-corrected chi connectivity index (χ4v) is 2.06. The molecule has 1 aliphatic heterocycles. The molecule has 5 atom stereocenters. The highest BCUT2D eigenvalue weighted by molar-refractivity contribution is 7.78. The number of ether oxygens (including phenoxy) is 2. The van der Waals surface area contributed by atoms with E-state index < -0.39 is 37.3 Å². The molecule has 2 unspecified atom stereocenters. The first-order chi connectivity index (χ1) is 10.1. The average Bonchev–Trinajstić information content (AvgIpc) is 2.50. The van der Waals surface area contributed by atoms with Gasteiger partial charge in [-0.05, 0) is 36.5 Å². The van der Waals surface area contributed by atoms with E-state index in [0.717, 1.165) is 0 Å². The molecule has 8 heteroatoms. The van der Waals surface area contributed by atoms with E-state index in [2.05, 4.69) is 22.4 Å². The number of thiocarbonyl (C=S) groups is 1. The number of isothiocyanates is 1. The molecule has 7 nitrogen and oxygen atoms in total. The molecule has 0 bridgehead atoms. The summed E-state index contributed by atoms with van der Waals surface area (Å²) in [6.07, 6.45) is -6.54. The second kappa shape index (κ2) is 7.06. The van der Waals surface area contributed by atoms with Gasteiger partial charge in [-0.3, -0.25) is 0 Å². The van der Waals surface area contributed by atoms with Crippen molar-refractivity contribution in [3.05, 3.63) is 24.3 Å². The zero-order valence-electron chi connectivity index (χ0n) is 10.9. The lowest BCUT2D eigenvalue weighted by Gasteiger charge is -2.39. The summed E-state index contributed by atoms with van der Waals surface area (Å²) in [4.78, 5) is 3.78. The van der Waals surface area contributed by atoms with Crippen molar-refractivity contribution in [2.24, 2.45) is 4.99 Å². The number of hydrogen-bond donors (Lipinski definition) is 4. The molecule has 1 saturated heterocycles. The summed E-state index contributed by atoms with van der Waals surface area (Å²) in [6.45, 7) is -0.507. The van der Waals surface area contributed by atoms with E-state index >= 15 is 0 Å². The first-order valence-electron chi connectivity index (χ1n) is 6.22. The van der Waals surface area contributed by atoms with E-state index in [-0.39, 0.29) is 0 Å². The van der Waals surface area contributed by atoms with Crippen LogP contribution in [0.3, 0.4) is 0 Å². The third kappa shape index (κ3) is 3.63. The van der Waals surface area contributed by atoms with Crippen molar-refractivity contribution in [2.45, 2.75) is 30.7 Å². The molecule has 0 saturated carbocycles. The fraction of sp³-hybridized carbons (Fsp3) is 0.462. The lowest BCUT2D eigenvalue weighted by atomic mass is 9.99. The van der Waals surface area contributed by atoms with Gasteiger partial charge in [-0.1, -0.05) is 0 Å². The second-order valence-corrected chi connectivity index (χ2v) is 4.69. The Morgan fingerprint density at radius 1 is 1.14 bits per heavy atom. The van der Waals surface area contributed by atoms with E-state index in [1.807, 2.05) is 0 Å². The van der Waals surface area contributed by atoms with Crippen molar-refractivity contribution in [1.29, 1.82) is 0 Å². The van der Waals surface area contributed by atoms with Gasteiger partial charge in [0.1, 0.15) is 30.2 Å². The Hall–Kier alpha value is -1.38. The summed E-state index contributed by atoms with van der Waals surface area (Å²) >= 11 is 4.49. The SMILES string of the molecule is OCC1O[C@@H](Oc2ccc(N=C=S)cc2)C(O)[C@H](O)[C@H]1O. The summed E-state index contributed by atoms with van der Waals surface area (Å²) in [7, 11) is 0. The van der Waals surface area contributed by atoms with Gasteiger partial charge in [0.15, 0.2) is 0 Å². The Labute approximate surface area is 126 Å². The van der Waals surface area contributed by atoms with Gasteiger partial charge in [0.2, 0.25) is 6.29 Å². The molecule has 2 rings (SSSR count). The van der Waals surface area contributed by atoms with Gasteiger partial charge in [-0.15, -0.1) is 0 Å². The quantitative estimate of drug-likeness (QED) is 0.442. The Morgan fingerprint density at radius 2 is 1.81 bits per heavy atom. The maximum absolute atomic E-state index is 9.84. The minimum absolute atomic E-state index is 0.364. The Balaban J connectivity index is 2.08. The third-order valence-corrected chi connectivity index (χ3v) is 3.20. The van der Waals surface area contributed by atoms with Crippen LogP contribution < -0.4 is 4.74 Å². The number of aliphatic hydroxyl groups excluding tert-OH is 4. The zero-order valence-corrected chi connectivity index (χ0v) is 11.7. The fourth-order valence-electron chi connectivity index (χ4n) is 1.95. The summed E-state index contributed by atoms with van der Waals surface area (Å²) in [6, 6.07) is 6.40. The van der Waals surface area contributed by atoms with Crippen molar-refractivity contribution in [3.63, 3.8) is 0 Å². The van der Waals surface area contributed by atoms with Gasteiger partial charge in [0.25, 0.3) is 0 Å². The van der Waals surface area contributed by atoms with Crippen LogP contribution in [0, 0.1) is 0 Å². The van der Waals surface area contributed by atoms with Crippen LogP contribution in [-0.2, 0) is 4.74 Å². The molecule has 0 aromatic heterocycles. The predicted molar refractivity (Wildman–Crippen MR) is 75.5 cm³/mol. The van der Waals surface area contributed by atoms with E-state index in [0.29, 0.717) is 11.4 Å². The maximum atomic E-state index is 9.84. The van der Waals surface area contributed by atoms with Crippen molar-refractivity contribution in [2.75, 3.05) is 6.61 Å². The van der Waals surface area contributed by atoms with Crippen LogP contribution in [0.5, 0.6) is 5.75 Å². The molecule has 1 heterocycles. The largest absolute Gasteiger partial charge is 0.462 e. The zero-order chi connectivity index (χ0) is 15.4. The number of hydrogen-bond acceptors (Lipinski definition) is 8. The molecule has 1 fully saturated rings. The van der Waals surface area contributed by atoms with Crippen molar-refractivity contribution < 1.29 is 29.9 Å². The molecule has 21 heavy (non-hydrogen) atoms. The standard InChI is InChI=1S/C13H15NO6S/c15-5-9-10(16)11(17)12(18)13(20-9)19-8-3-1-7(2-4-8)14-6-21/h1-4,9-13,15-18H,5H2/t9?,10-,11+,12?,13+/m0/s1. The lowest BCUT2D eigenvalue weighted by Crippen LogP contribution is -2.60. The molecule has 4 N–H and O–H groups in total. The Kier molecular flexibility index (Phi) is 5.38. The number of rotatable bonds is 4. The molecular formula is C13H15NO6S. The molecule has 0 radical (unpaired) electrons.